The number of nitrogens with zero attached hydrogens (tertiary/aromatic N) is 1. The first-order valence-electron chi connectivity index (χ1n) is 3.72. The maximum Gasteiger partial charge on any atom is 0.180 e. The monoisotopic (exact) mass is 302 g/mol. The molecule has 0 bridgehead atoms. The summed E-state index contributed by atoms with van der Waals surface area (Å²) in [5, 5.41) is 2.59. The van der Waals surface area contributed by atoms with Gasteiger partial charge in [-0.05, 0) is 34.7 Å². The van der Waals surface area contributed by atoms with Crippen LogP contribution >= 0.6 is 33.9 Å². The molecule has 0 saturated heterocycles. The molecule has 0 aliphatic heterocycles. The van der Waals surface area contributed by atoms with E-state index >= 15 is 0 Å². The van der Waals surface area contributed by atoms with Crippen molar-refractivity contribution < 1.29 is 0 Å². The summed E-state index contributed by atoms with van der Waals surface area (Å²) in [7, 11) is 0. The lowest BCUT2D eigenvalue weighted by Gasteiger charge is -1.96. The molecule has 0 fully saturated rings. The van der Waals surface area contributed by atoms with Crippen molar-refractivity contribution in [3.8, 4) is 11.3 Å². The molecule has 0 aliphatic rings. The maximum absolute atomic E-state index is 5.56. The fraction of sp³-hybridized carbons (Fsp3) is 0. The lowest BCUT2D eigenvalue weighted by molar-refractivity contribution is 1.41. The van der Waals surface area contributed by atoms with Gasteiger partial charge < -0.3 is 5.73 Å². The molecule has 2 N–H and O–H groups in total. The molecule has 0 spiro atoms. The summed E-state index contributed by atoms with van der Waals surface area (Å²) in [6.45, 7) is 0. The number of nitrogens with two attached hydrogens (primary N) is 1. The summed E-state index contributed by atoms with van der Waals surface area (Å²) >= 11 is 3.75. The number of anilines is 1. The number of halogens is 1. The second kappa shape index (κ2) is 3.63. The minimum atomic E-state index is 0.619. The molecule has 2 rings (SSSR count). The summed E-state index contributed by atoms with van der Waals surface area (Å²) in [4.78, 5) is 4.22. The minimum Gasteiger partial charge on any atom is -0.375 e. The van der Waals surface area contributed by atoms with Crippen LogP contribution in [0.25, 0.3) is 11.3 Å². The Labute approximate surface area is 94.0 Å². The Balaban J connectivity index is 2.46. The van der Waals surface area contributed by atoms with Gasteiger partial charge in [0.15, 0.2) is 5.13 Å². The minimum absolute atomic E-state index is 0.619. The molecule has 1 aromatic heterocycles. The highest BCUT2D eigenvalue weighted by Crippen LogP contribution is 2.23. The molecule has 1 aromatic carbocycles. The van der Waals surface area contributed by atoms with Gasteiger partial charge in [0, 0.05) is 14.5 Å². The van der Waals surface area contributed by atoms with Gasteiger partial charge >= 0.3 is 0 Å². The van der Waals surface area contributed by atoms with Crippen LogP contribution in [0.3, 0.4) is 0 Å². The van der Waals surface area contributed by atoms with E-state index in [1.165, 1.54) is 14.9 Å². The Morgan fingerprint density at radius 1 is 1.38 bits per heavy atom. The van der Waals surface area contributed by atoms with E-state index in [-0.39, 0.29) is 0 Å². The molecule has 66 valence electrons. The predicted molar refractivity (Wildman–Crippen MR) is 64.7 cm³/mol. The lowest BCUT2D eigenvalue weighted by atomic mass is 10.2. The number of aromatic nitrogens is 1. The van der Waals surface area contributed by atoms with Crippen molar-refractivity contribution in [2.45, 2.75) is 0 Å². The molecule has 2 aromatic rings. The van der Waals surface area contributed by atoms with Gasteiger partial charge in [0.25, 0.3) is 0 Å². The third-order valence-corrected chi connectivity index (χ3v) is 2.99. The summed E-state index contributed by atoms with van der Waals surface area (Å²) in [5.41, 5.74) is 7.64. The third-order valence-electron chi connectivity index (χ3n) is 1.64. The van der Waals surface area contributed by atoms with E-state index in [0.717, 1.165) is 11.3 Å². The lowest BCUT2D eigenvalue weighted by Crippen LogP contribution is -1.83. The summed E-state index contributed by atoms with van der Waals surface area (Å²) in [6, 6.07) is 8.21. The van der Waals surface area contributed by atoms with Gasteiger partial charge in [-0.3, -0.25) is 0 Å². The topological polar surface area (TPSA) is 38.9 Å². The third kappa shape index (κ3) is 2.00. The summed E-state index contributed by atoms with van der Waals surface area (Å²) in [6.07, 6.45) is 0. The zero-order valence-electron chi connectivity index (χ0n) is 6.70. The van der Waals surface area contributed by atoms with Crippen LogP contribution in [-0.2, 0) is 0 Å². The highest BCUT2D eigenvalue weighted by molar-refractivity contribution is 14.1. The number of nitrogen functional groups attached to an aromatic ring is 1. The van der Waals surface area contributed by atoms with Gasteiger partial charge in [0.2, 0.25) is 0 Å². The Hall–Kier alpha value is -0.620. The quantitative estimate of drug-likeness (QED) is 0.823. The maximum atomic E-state index is 5.56. The van der Waals surface area contributed by atoms with E-state index in [9.17, 15) is 0 Å². The fourth-order valence-corrected chi connectivity index (χ4v) is 2.18. The number of thiazole rings is 1. The zero-order chi connectivity index (χ0) is 9.26. The number of hydrogen-bond donors (Lipinski definition) is 1. The average molecular weight is 302 g/mol. The van der Waals surface area contributed by atoms with Crippen molar-refractivity contribution in [3.63, 3.8) is 0 Å². The zero-order valence-corrected chi connectivity index (χ0v) is 9.67. The Bertz CT molecular complexity index is 425. The second-order valence-corrected chi connectivity index (χ2v) is 4.72. The molecule has 1 heterocycles. The predicted octanol–water partition coefficient (Wildman–Crippen LogP) is 3.00. The normalized spacial score (nSPS) is 10.2. The van der Waals surface area contributed by atoms with Crippen LogP contribution < -0.4 is 5.73 Å². The van der Waals surface area contributed by atoms with Gasteiger partial charge in [0.1, 0.15) is 0 Å². The molecule has 4 heteroatoms. The van der Waals surface area contributed by atoms with Crippen molar-refractivity contribution in [2.75, 3.05) is 5.73 Å². The van der Waals surface area contributed by atoms with Gasteiger partial charge in [-0.25, -0.2) is 4.98 Å². The largest absolute Gasteiger partial charge is 0.375 e. The molecule has 13 heavy (non-hydrogen) atoms. The first-order valence-corrected chi connectivity index (χ1v) is 5.68. The summed E-state index contributed by atoms with van der Waals surface area (Å²) in [5.74, 6) is 0. The van der Waals surface area contributed by atoms with Crippen molar-refractivity contribution in [3.05, 3.63) is 33.2 Å². The van der Waals surface area contributed by atoms with E-state index in [2.05, 4.69) is 39.7 Å². The Kier molecular flexibility index (Phi) is 2.50. The molecule has 2 nitrogen and oxygen atoms in total. The first-order chi connectivity index (χ1) is 6.25. The van der Waals surface area contributed by atoms with E-state index in [0.29, 0.717) is 5.13 Å². The molecular formula is C9H7IN2S. The van der Waals surface area contributed by atoms with Crippen molar-refractivity contribution in [2.24, 2.45) is 0 Å². The molecule has 0 saturated carbocycles. The second-order valence-electron chi connectivity index (χ2n) is 2.58. The smallest absolute Gasteiger partial charge is 0.180 e. The van der Waals surface area contributed by atoms with Crippen LogP contribution in [0.1, 0.15) is 0 Å². The van der Waals surface area contributed by atoms with Crippen molar-refractivity contribution in [1.29, 1.82) is 0 Å². The Morgan fingerprint density at radius 3 is 2.85 bits per heavy atom. The van der Waals surface area contributed by atoms with Crippen LogP contribution in [0.4, 0.5) is 5.13 Å². The van der Waals surface area contributed by atoms with Crippen LogP contribution in [0.15, 0.2) is 29.6 Å². The van der Waals surface area contributed by atoms with E-state index in [1.54, 1.807) is 0 Å². The van der Waals surface area contributed by atoms with Crippen LogP contribution in [0, 0.1) is 3.57 Å². The van der Waals surface area contributed by atoms with Gasteiger partial charge in [-0.1, -0.05) is 12.1 Å². The molecular weight excluding hydrogens is 295 g/mol. The van der Waals surface area contributed by atoms with Crippen LogP contribution in [0.5, 0.6) is 0 Å². The van der Waals surface area contributed by atoms with E-state index < -0.39 is 0 Å². The van der Waals surface area contributed by atoms with Crippen LogP contribution in [-0.4, -0.2) is 4.98 Å². The Morgan fingerprint density at radius 2 is 2.23 bits per heavy atom. The van der Waals surface area contributed by atoms with Gasteiger partial charge in [0.05, 0.1) is 5.69 Å². The van der Waals surface area contributed by atoms with Crippen molar-refractivity contribution >= 4 is 39.1 Å². The van der Waals surface area contributed by atoms with E-state index in [1.807, 2.05) is 17.5 Å². The average Bonchev–Trinajstić information content (AvgIpc) is 2.52. The number of hydrogen-bond acceptors (Lipinski definition) is 3. The highest BCUT2D eigenvalue weighted by atomic mass is 127. The summed E-state index contributed by atoms with van der Waals surface area (Å²) < 4.78 is 1.21. The molecule has 0 amide bonds. The van der Waals surface area contributed by atoms with E-state index in [4.69, 9.17) is 5.73 Å². The van der Waals surface area contributed by atoms with Gasteiger partial charge in [-0.2, -0.15) is 0 Å². The molecule has 0 aliphatic carbocycles. The number of rotatable bonds is 1. The van der Waals surface area contributed by atoms with Gasteiger partial charge in [-0.15, -0.1) is 11.3 Å². The molecule has 0 radical (unpaired) electrons. The fourth-order valence-electron chi connectivity index (χ4n) is 1.07. The molecule has 0 unspecified atom stereocenters. The van der Waals surface area contributed by atoms with Crippen LogP contribution in [0.2, 0.25) is 0 Å². The SMILES string of the molecule is Nc1nc(-c2cccc(I)c2)cs1. The highest BCUT2D eigenvalue weighted by Gasteiger charge is 2.01. The van der Waals surface area contributed by atoms with Crippen molar-refractivity contribution in [1.82, 2.24) is 4.98 Å². The number of benzene rings is 1. The first kappa shape index (κ1) is 8.96. The molecule has 0 atom stereocenters. The standard InChI is InChI=1S/C9H7IN2S/c10-7-3-1-2-6(4-7)8-5-13-9(11)12-8/h1-5H,(H2,11,12).